The molecular formula is C11H21N3O2. The first-order valence-corrected chi connectivity index (χ1v) is 5.91. The molecule has 0 aromatic heterocycles. The molecule has 92 valence electrons. The zero-order chi connectivity index (χ0) is 12.1. The molecule has 3 amide bonds. The molecule has 1 unspecified atom stereocenters. The molecule has 5 nitrogen and oxygen atoms in total. The number of amides is 3. The van der Waals surface area contributed by atoms with Gasteiger partial charge >= 0.3 is 6.03 Å². The summed E-state index contributed by atoms with van der Waals surface area (Å²) in [6.07, 6.45) is 2.73. The zero-order valence-electron chi connectivity index (χ0n) is 10.2. The van der Waals surface area contributed by atoms with Crippen LogP contribution >= 0.6 is 0 Å². The Morgan fingerprint density at radius 2 is 2.12 bits per heavy atom. The molecule has 2 N–H and O–H groups in total. The molecule has 5 heteroatoms. The maximum Gasteiger partial charge on any atom is 0.325 e. The second kappa shape index (κ2) is 5.84. The lowest BCUT2D eigenvalue weighted by molar-refractivity contribution is -0.127. The fourth-order valence-corrected chi connectivity index (χ4v) is 1.60. The molecule has 1 heterocycles. The average molecular weight is 227 g/mol. The third-order valence-electron chi connectivity index (χ3n) is 2.61. The van der Waals surface area contributed by atoms with Gasteiger partial charge in [0.2, 0.25) is 0 Å². The van der Waals surface area contributed by atoms with E-state index in [0.717, 1.165) is 19.3 Å². The summed E-state index contributed by atoms with van der Waals surface area (Å²) >= 11 is 0. The Hall–Kier alpha value is -1.10. The molecule has 0 radical (unpaired) electrons. The van der Waals surface area contributed by atoms with Crippen molar-refractivity contribution in [2.75, 3.05) is 6.67 Å². The molecular weight excluding hydrogens is 206 g/mol. The molecule has 0 aromatic carbocycles. The van der Waals surface area contributed by atoms with Crippen LogP contribution in [0, 0.1) is 0 Å². The Balaban J connectivity index is 2.47. The summed E-state index contributed by atoms with van der Waals surface area (Å²) in [7, 11) is 0. The summed E-state index contributed by atoms with van der Waals surface area (Å²) in [5.74, 6) is -0.105. The van der Waals surface area contributed by atoms with E-state index in [-0.39, 0.29) is 24.0 Å². The summed E-state index contributed by atoms with van der Waals surface area (Å²) in [6, 6.07) is -0.337. The number of imide groups is 1. The second-order valence-electron chi connectivity index (χ2n) is 4.43. The van der Waals surface area contributed by atoms with Gasteiger partial charge in [0.15, 0.2) is 0 Å². The Labute approximate surface area is 96.6 Å². The first-order chi connectivity index (χ1) is 7.56. The fraction of sp³-hybridized carbons (Fsp3) is 0.818. The van der Waals surface area contributed by atoms with E-state index in [2.05, 4.69) is 17.6 Å². The van der Waals surface area contributed by atoms with Crippen LogP contribution in [0.4, 0.5) is 4.79 Å². The van der Waals surface area contributed by atoms with Crippen molar-refractivity contribution < 1.29 is 9.59 Å². The van der Waals surface area contributed by atoms with Gasteiger partial charge in [-0.2, -0.15) is 0 Å². The van der Waals surface area contributed by atoms with E-state index < -0.39 is 0 Å². The minimum Gasteiger partial charge on any atom is -0.326 e. The molecule has 16 heavy (non-hydrogen) atoms. The first-order valence-electron chi connectivity index (χ1n) is 5.91. The molecule has 0 saturated carbocycles. The second-order valence-corrected chi connectivity index (χ2v) is 4.43. The summed E-state index contributed by atoms with van der Waals surface area (Å²) in [5, 5.41) is 5.78. The van der Waals surface area contributed by atoms with E-state index in [0.29, 0.717) is 6.67 Å². The van der Waals surface area contributed by atoms with Gasteiger partial charge in [-0.1, -0.05) is 19.8 Å². The summed E-state index contributed by atoms with van der Waals surface area (Å²) in [4.78, 5) is 24.6. The van der Waals surface area contributed by atoms with Gasteiger partial charge in [0.25, 0.3) is 5.91 Å². The van der Waals surface area contributed by atoms with Gasteiger partial charge in [-0.15, -0.1) is 0 Å². The number of unbranched alkanes of at least 4 members (excludes halogenated alkanes) is 1. The number of carbonyl (C=O) groups is 2. The van der Waals surface area contributed by atoms with Gasteiger partial charge in [-0.05, 0) is 20.3 Å². The Kier molecular flexibility index (Phi) is 4.73. The minimum atomic E-state index is -0.318. The van der Waals surface area contributed by atoms with E-state index in [4.69, 9.17) is 0 Å². The van der Waals surface area contributed by atoms with E-state index in [1.165, 1.54) is 4.90 Å². The van der Waals surface area contributed by atoms with Crippen molar-refractivity contribution in [1.82, 2.24) is 15.5 Å². The highest BCUT2D eigenvalue weighted by Gasteiger charge is 2.36. The van der Waals surface area contributed by atoms with Crippen LogP contribution in [0.15, 0.2) is 0 Å². The number of rotatable bonds is 6. The predicted octanol–water partition coefficient (Wildman–Crippen LogP) is 1.05. The topological polar surface area (TPSA) is 61.4 Å². The number of urea groups is 1. The molecule has 0 aromatic rings. The van der Waals surface area contributed by atoms with Gasteiger partial charge in [0.1, 0.15) is 6.04 Å². The number of nitrogens with one attached hydrogen (secondary N) is 2. The molecule has 1 aliphatic rings. The molecule has 0 spiro atoms. The number of nitrogens with zero attached hydrogens (tertiary/aromatic N) is 1. The quantitative estimate of drug-likeness (QED) is 0.667. The summed E-state index contributed by atoms with van der Waals surface area (Å²) in [5.41, 5.74) is 0. The Morgan fingerprint density at radius 1 is 1.44 bits per heavy atom. The van der Waals surface area contributed by atoms with Crippen LogP contribution in [0.5, 0.6) is 0 Å². The number of hydrogen-bond acceptors (Lipinski definition) is 3. The lowest BCUT2D eigenvalue weighted by Gasteiger charge is -2.15. The van der Waals surface area contributed by atoms with Gasteiger partial charge in [0.05, 0.1) is 6.67 Å². The zero-order valence-corrected chi connectivity index (χ0v) is 10.2. The van der Waals surface area contributed by atoms with Gasteiger partial charge < -0.3 is 5.32 Å². The SMILES string of the molecule is CCCCC1NC(=O)N(CNC(C)C)C1=O. The van der Waals surface area contributed by atoms with Crippen molar-refractivity contribution in [3.05, 3.63) is 0 Å². The Bertz CT molecular complexity index is 266. The van der Waals surface area contributed by atoms with Crippen LogP contribution in [-0.2, 0) is 4.79 Å². The fourth-order valence-electron chi connectivity index (χ4n) is 1.60. The highest BCUT2D eigenvalue weighted by molar-refractivity contribution is 6.04. The molecule has 1 rings (SSSR count). The lowest BCUT2D eigenvalue weighted by Crippen LogP contribution is -2.41. The van der Waals surface area contributed by atoms with E-state index in [1.807, 2.05) is 13.8 Å². The molecule has 1 atom stereocenters. The van der Waals surface area contributed by atoms with Gasteiger partial charge in [-0.3, -0.25) is 10.1 Å². The van der Waals surface area contributed by atoms with Crippen LogP contribution in [0.1, 0.15) is 40.0 Å². The highest BCUT2D eigenvalue weighted by Crippen LogP contribution is 2.11. The largest absolute Gasteiger partial charge is 0.326 e. The normalized spacial score (nSPS) is 20.8. The molecule has 0 aliphatic carbocycles. The maximum absolute atomic E-state index is 11.8. The summed E-state index contributed by atoms with van der Waals surface area (Å²) < 4.78 is 0. The molecule has 1 fully saturated rings. The number of hydrogen-bond donors (Lipinski definition) is 2. The van der Waals surface area contributed by atoms with Crippen LogP contribution in [0.25, 0.3) is 0 Å². The third kappa shape index (κ3) is 3.20. The smallest absolute Gasteiger partial charge is 0.325 e. The number of carbonyl (C=O) groups excluding carboxylic acids is 2. The van der Waals surface area contributed by atoms with E-state index in [9.17, 15) is 9.59 Å². The van der Waals surface area contributed by atoms with Crippen LogP contribution in [0.3, 0.4) is 0 Å². The van der Waals surface area contributed by atoms with Crippen molar-refractivity contribution in [3.8, 4) is 0 Å². The average Bonchev–Trinajstić information content (AvgIpc) is 2.48. The van der Waals surface area contributed by atoms with Crippen molar-refractivity contribution >= 4 is 11.9 Å². The monoisotopic (exact) mass is 227 g/mol. The lowest BCUT2D eigenvalue weighted by atomic mass is 10.1. The van der Waals surface area contributed by atoms with Gasteiger partial charge in [-0.25, -0.2) is 9.69 Å². The van der Waals surface area contributed by atoms with Crippen molar-refractivity contribution in [2.45, 2.75) is 52.1 Å². The maximum atomic E-state index is 11.8. The highest BCUT2D eigenvalue weighted by atomic mass is 16.2. The standard InChI is InChI=1S/C11H21N3O2/c1-4-5-6-9-10(15)14(11(16)13-9)7-12-8(2)3/h8-9,12H,4-7H2,1-3H3,(H,13,16). The Morgan fingerprint density at radius 3 is 2.69 bits per heavy atom. The van der Waals surface area contributed by atoms with Crippen molar-refractivity contribution in [2.24, 2.45) is 0 Å². The minimum absolute atomic E-state index is 0.105. The molecule has 1 aliphatic heterocycles. The van der Waals surface area contributed by atoms with E-state index >= 15 is 0 Å². The van der Waals surface area contributed by atoms with Crippen LogP contribution in [0.2, 0.25) is 0 Å². The van der Waals surface area contributed by atoms with Crippen molar-refractivity contribution in [1.29, 1.82) is 0 Å². The molecule has 0 bridgehead atoms. The predicted molar refractivity (Wildman–Crippen MR) is 61.8 cm³/mol. The summed E-state index contributed by atoms with van der Waals surface area (Å²) in [6.45, 7) is 6.32. The van der Waals surface area contributed by atoms with Crippen molar-refractivity contribution in [3.63, 3.8) is 0 Å². The van der Waals surface area contributed by atoms with E-state index in [1.54, 1.807) is 0 Å². The van der Waals surface area contributed by atoms with Crippen LogP contribution in [-0.4, -0.2) is 35.6 Å². The van der Waals surface area contributed by atoms with Gasteiger partial charge in [0, 0.05) is 6.04 Å². The van der Waals surface area contributed by atoms with Crippen LogP contribution < -0.4 is 10.6 Å². The third-order valence-corrected chi connectivity index (χ3v) is 2.61. The molecule has 1 saturated heterocycles. The first kappa shape index (κ1) is 13.0.